The fourth-order valence-corrected chi connectivity index (χ4v) is 2.39. The Kier molecular flexibility index (Phi) is 9.21. The Morgan fingerprint density at radius 3 is 1.00 bits per heavy atom. The van der Waals surface area contributed by atoms with E-state index in [0.717, 1.165) is 0 Å². The standard InChI is InChI=1S/F2N2O6S3.2Li/c1-11(5,6)3-13(9,10)4-12(2,7)8;;/q-2;2*+1. The zero-order valence-electron chi connectivity index (χ0n) is 7.32. The van der Waals surface area contributed by atoms with Gasteiger partial charge in [0.15, 0.2) is 0 Å². The van der Waals surface area contributed by atoms with Gasteiger partial charge in [0.05, 0.1) is 0 Å². The monoisotopic (exact) mass is 272 g/mol. The molecule has 0 radical (unpaired) electrons. The second-order valence-electron chi connectivity index (χ2n) is 1.42. The Bertz CT molecular complexity index is 436. The first kappa shape index (κ1) is 21.1. The molecule has 0 aliphatic heterocycles. The van der Waals surface area contributed by atoms with Gasteiger partial charge in [-0.25, -0.2) is 16.8 Å². The van der Waals surface area contributed by atoms with Crippen LogP contribution in [0.3, 0.4) is 0 Å². The topological polar surface area (TPSA) is 131 Å². The van der Waals surface area contributed by atoms with Crippen molar-refractivity contribution in [1.82, 2.24) is 0 Å². The molecule has 0 aromatic carbocycles. The van der Waals surface area contributed by atoms with Crippen molar-refractivity contribution in [2.24, 2.45) is 0 Å². The maximum atomic E-state index is 11.5. The van der Waals surface area contributed by atoms with Crippen molar-refractivity contribution in [2.45, 2.75) is 0 Å². The summed E-state index contributed by atoms with van der Waals surface area (Å²) in [5.41, 5.74) is 0. The Balaban J connectivity index is -0.000000720. The third kappa shape index (κ3) is 14.8. The average molecular weight is 272 g/mol. The van der Waals surface area contributed by atoms with E-state index in [1.54, 1.807) is 0 Å². The quantitative estimate of drug-likeness (QED) is 0.369. The summed E-state index contributed by atoms with van der Waals surface area (Å²) < 4.78 is 84.0. The molecule has 15 heteroatoms. The molecule has 0 aliphatic carbocycles. The summed E-state index contributed by atoms with van der Waals surface area (Å²) in [6.45, 7) is 0. The number of halogens is 2. The number of hydrogen-bond acceptors (Lipinski definition) is 6. The van der Waals surface area contributed by atoms with E-state index < -0.39 is 31.0 Å². The third-order valence-electron chi connectivity index (χ3n) is 0.366. The van der Waals surface area contributed by atoms with Crippen molar-refractivity contribution in [3.63, 3.8) is 0 Å². The van der Waals surface area contributed by atoms with Crippen LogP contribution in [0.25, 0.3) is 8.25 Å². The second-order valence-corrected chi connectivity index (χ2v) is 5.16. The predicted molar refractivity (Wildman–Crippen MR) is 35.7 cm³/mol. The fraction of sp³-hybridized carbons (Fsp3) is 0. The summed E-state index contributed by atoms with van der Waals surface area (Å²) in [4.78, 5) is 0. The van der Waals surface area contributed by atoms with Crippen LogP contribution in [0.2, 0.25) is 0 Å². The minimum atomic E-state index is -5.84. The summed E-state index contributed by atoms with van der Waals surface area (Å²) in [6, 6.07) is 0. The van der Waals surface area contributed by atoms with Gasteiger partial charge in [-0.1, -0.05) is 0 Å². The van der Waals surface area contributed by atoms with Gasteiger partial charge < -0.3 is 8.25 Å². The molecule has 0 rings (SSSR count). The zero-order valence-corrected chi connectivity index (χ0v) is 9.77. The SMILES string of the molecule is O=S(=O)(F)[N-]S(=O)(=O)[N-]S(=O)(=O)F.[Li+].[Li+]. The second kappa shape index (κ2) is 6.53. The van der Waals surface area contributed by atoms with Crippen molar-refractivity contribution in [3.05, 3.63) is 8.25 Å². The van der Waals surface area contributed by atoms with Gasteiger partial charge >= 0.3 is 37.7 Å². The third-order valence-corrected chi connectivity index (χ3v) is 3.30. The molecule has 0 heterocycles. The van der Waals surface area contributed by atoms with Crippen LogP contribution >= 0.6 is 0 Å². The molecule has 0 spiro atoms. The van der Waals surface area contributed by atoms with Crippen LogP contribution in [0.4, 0.5) is 7.77 Å². The van der Waals surface area contributed by atoms with E-state index in [0.29, 0.717) is 0 Å². The normalized spacial score (nSPS) is 12.4. The van der Waals surface area contributed by atoms with Gasteiger partial charge in [-0.15, -0.1) is 7.77 Å². The van der Waals surface area contributed by atoms with E-state index in [1.165, 1.54) is 8.25 Å². The zero-order chi connectivity index (χ0) is 10.9. The van der Waals surface area contributed by atoms with Gasteiger partial charge in [0.1, 0.15) is 0 Å². The van der Waals surface area contributed by atoms with E-state index >= 15 is 0 Å². The van der Waals surface area contributed by atoms with Crippen LogP contribution in [0, 0.1) is 0 Å². The maximum Gasteiger partial charge on any atom is 1.00 e. The average Bonchev–Trinajstić information content (AvgIpc) is 1.43. The van der Waals surface area contributed by atoms with Crippen LogP contribution in [0.1, 0.15) is 0 Å². The van der Waals surface area contributed by atoms with E-state index in [4.69, 9.17) is 0 Å². The van der Waals surface area contributed by atoms with E-state index in [1.807, 2.05) is 0 Å². The van der Waals surface area contributed by atoms with Gasteiger partial charge in [-0.2, -0.15) is 0 Å². The molecule has 8 nitrogen and oxygen atoms in total. The minimum Gasteiger partial charge on any atom is -0.424 e. The Labute approximate surface area is 109 Å². The smallest absolute Gasteiger partial charge is 0.424 e. The molecule has 0 atom stereocenters. The first-order valence-electron chi connectivity index (χ1n) is 2.04. The number of rotatable bonds is 4. The molecule has 0 amide bonds. The van der Waals surface area contributed by atoms with E-state index in [9.17, 15) is 33.0 Å². The Morgan fingerprint density at radius 1 is 0.667 bits per heavy atom. The Hall–Kier alpha value is 0.825. The van der Waals surface area contributed by atoms with E-state index in [2.05, 4.69) is 0 Å². The number of hydrogen-bond donors (Lipinski definition) is 0. The summed E-state index contributed by atoms with van der Waals surface area (Å²) in [7, 11) is -17.3. The molecule has 0 saturated carbocycles. The van der Waals surface area contributed by atoms with Gasteiger partial charge in [-0.3, -0.25) is 8.42 Å². The molecule has 15 heavy (non-hydrogen) atoms. The van der Waals surface area contributed by atoms with Gasteiger partial charge in [-0.05, 0) is 0 Å². The first-order valence-corrected chi connectivity index (χ1v) is 6.12. The molecule has 0 bridgehead atoms. The molecule has 0 aromatic heterocycles. The molecular formula is F2Li2N2O6S3. The van der Waals surface area contributed by atoms with Crippen molar-refractivity contribution in [3.8, 4) is 0 Å². The van der Waals surface area contributed by atoms with Gasteiger partial charge in [0.2, 0.25) is 20.8 Å². The van der Waals surface area contributed by atoms with Crippen LogP contribution in [0.15, 0.2) is 0 Å². The summed E-state index contributed by atoms with van der Waals surface area (Å²) >= 11 is 0. The molecule has 0 unspecified atom stereocenters. The van der Waals surface area contributed by atoms with Crippen LogP contribution in [0.5, 0.6) is 0 Å². The fourth-order valence-electron chi connectivity index (χ4n) is 0.239. The largest absolute Gasteiger partial charge is 1.00 e. The molecule has 0 aromatic rings. The van der Waals surface area contributed by atoms with Crippen LogP contribution < -0.4 is 37.7 Å². The summed E-state index contributed by atoms with van der Waals surface area (Å²) in [6.07, 6.45) is 0. The minimum absolute atomic E-state index is 0. The summed E-state index contributed by atoms with van der Waals surface area (Å²) in [5, 5.41) is 0. The molecule has 0 aliphatic rings. The van der Waals surface area contributed by atoms with Gasteiger partial charge in [0.25, 0.3) is 0 Å². The first-order chi connectivity index (χ1) is 5.41. The van der Waals surface area contributed by atoms with Crippen LogP contribution in [-0.2, 0) is 31.0 Å². The predicted octanol–water partition coefficient (Wildman–Crippen LogP) is -6.58. The van der Waals surface area contributed by atoms with Gasteiger partial charge in [0, 0.05) is 10.2 Å². The maximum absolute atomic E-state index is 11.5. The molecule has 0 saturated heterocycles. The van der Waals surface area contributed by atoms with Crippen molar-refractivity contribution >= 4 is 31.0 Å². The molecule has 0 fully saturated rings. The number of nitrogens with zero attached hydrogens (tertiary/aromatic N) is 2. The van der Waals surface area contributed by atoms with Crippen molar-refractivity contribution in [1.29, 1.82) is 0 Å². The van der Waals surface area contributed by atoms with E-state index in [-0.39, 0.29) is 37.7 Å². The molecule has 0 N–H and O–H groups in total. The summed E-state index contributed by atoms with van der Waals surface area (Å²) in [5.74, 6) is 0. The van der Waals surface area contributed by atoms with Crippen molar-refractivity contribution in [2.75, 3.05) is 0 Å². The van der Waals surface area contributed by atoms with Crippen LogP contribution in [-0.4, -0.2) is 25.3 Å². The Morgan fingerprint density at radius 2 is 0.867 bits per heavy atom. The molecular weight excluding hydrogens is 272 g/mol. The van der Waals surface area contributed by atoms with Crippen molar-refractivity contribution < 1.29 is 70.7 Å². The molecule has 80 valence electrons.